The van der Waals surface area contributed by atoms with Crippen LogP contribution in [0.4, 0.5) is 11.4 Å². The van der Waals surface area contributed by atoms with Crippen LogP contribution in [0.1, 0.15) is 17.0 Å². The third kappa shape index (κ3) is 2.13. The predicted molar refractivity (Wildman–Crippen MR) is 84.6 cm³/mol. The molecule has 1 aliphatic rings. The van der Waals surface area contributed by atoms with Gasteiger partial charge in [-0.3, -0.25) is 9.79 Å². The van der Waals surface area contributed by atoms with E-state index in [1.54, 1.807) is 36.5 Å². The van der Waals surface area contributed by atoms with E-state index in [1.165, 1.54) is 0 Å². The summed E-state index contributed by atoms with van der Waals surface area (Å²) >= 11 is 0. The quantitative estimate of drug-likeness (QED) is 0.708. The highest BCUT2D eigenvalue weighted by atomic mass is 16.2. The Hall–Kier alpha value is -3.53. The van der Waals surface area contributed by atoms with Crippen molar-refractivity contribution in [2.24, 2.45) is 4.99 Å². The van der Waals surface area contributed by atoms with Crippen LogP contribution >= 0.6 is 0 Å². The van der Waals surface area contributed by atoms with Crippen molar-refractivity contribution in [3.63, 3.8) is 0 Å². The van der Waals surface area contributed by atoms with E-state index >= 15 is 0 Å². The first-order valence-electron chi connectivity index (χ1n) is 6.95. The van der Waals surface area contributed by atoms with Crippen LogP contribution < -0.4 is 5.32 Å². The van der Waals surface area contributed by atoms with Crippen molar-refractivity contribution in [3.05, 3.63) is 47.5 Å². The molecule has 2 aromatic carbocycles. The van der Waals surface area contributed by atoms with Crippen molar-refractivity contribution in [2.75, 3.05) is 5.32 Å². The lowest BCUT2D eigenvalue weighted by Crippen LogP contribution is -2.13. The van der Waals surface area contributed by atoms with Gasteiger partial charge in [0.05, 0.1) is 17.3 Å². The zero-order valence-corrected chi connectivity index (χ0v) is 11.8. The molecule has 7 heteroatoms. The fourth-order valence-corrected chi connectivity index (χ4v) is 2.66. The van der Waals surface area contributed by atoms with Crippen molar-refractivity contribution in [1.29, 1.82) is 5.26 Å². The number of carbonyl (C=O) groups is 1. The van der Waals surface area contributed by atoms with Gasteiger partial charge in [-0.15, -0.1) is 0 Å². The Bertz CT molecular complexity index is 997. The summed E-state index contributed by atoms with van der Waals surface area (Å²) < 4.78 is 0. The molecule has 0 fully saturated rings. The standard InChI is InChI=1S/C16H10N6O/c17-7-9-2-1-3-10(6-9)18-8-11-14-12(19-16(11)23)4-5-13-15(14)21-22-20-13/h1-6,8,11H,(H,19,23)(H,20,21,22). The lowest BCUT2D eigenvalue weighted by atomic mass is 10.0. The monoisotopic (exact) mass is 302 g/mol. The van der Waals surface area contributed by atoms with Crippen LogP contribution in [-0.4, -0.2) is 27.5 Å². The Labute approximate surface area is 130 Å². The van der Waals surface area contributed by atoms with Crippen LogP contribution in [-0.2, 0) is 4.79 Å². The van der Waals surface area contributed by atoms with Crippen LogP contribution in [0.2, 0.25) is 0 Å². The number of benzene rings is 2. The number of H-pyrrole nitrogens is 1. The summed E-state index contributed by atoms with van der Waals surface area (Å²) in [6, 6.07) is 12.6. The maximum absolute atomic E-state index is 12.2. The average Bonchev–Trinajstić information content (AvgIpc) is 3.16. The highest BCUT2D eigenvalue weighted by molar-refractivity contribution is 6.15. The lowest BCUT2D eigenvalue weighted by Gasteiger charge is -2.02. The molecule has 0 spiro atoms. The topological polar surface area (TPSA) is 107 Å². The number of nitrogens with zero attached hydrogens (tertiary/aromatic N) is 4. The Morgan fingerprint density at radius 3 is 3.04 bits per heavy atom. The summed E-state index contributed by atoms with van der Waals surface area (Å²) in [7, 11) is 0. The molecule has 4 rings (SSSR count). The summed E-state index contributed by atoms with van der Waals surface area (Å²) in [5, 5.41) is 22.5. The molecule has 23 heavy (non-hydrogen) atoms. The normalized spacial score (nSPS) is 16.5. The zero-order chi connectivity index (χ0) is 15.8. The van der Waals surface area contributed by atoms with E-state index in [9.17, 15) is 4.79 Å². The summed E-state index contributed by atoms with van der Waals surface area (Å²) in [5.74, 6) is -0.694. The number of nitrogens with one attached hydrogen (secondary N) is 2. The molecule has 1 aliphatic heterocycles. The van der Waals surface area contributed by atoms with Crippen molar-refractivity contribution < 1.29 is 4.79 Å². The number of anilines is 1. The fourth-order valence-electron chi connectivity index (χ4n) is 2.66. The Morgan fingerprint density at radius 1 is 1.26 bits per heavy atom. The van der Waals surface area contributed by atoms with Gasteiger partial charge in [-0.2, -0.15) is 20.7 Å². The van der Waals surface area contributed by atoms with Crippen LogP contribution in [0.25, 0.3) is 11.0 Å². The number of aromatic amines is 1. The number of carbonyl (C=O) groups excluding carboxylic acids is 1. The van der Waals surface area contributed by atoms with Gasteiger partial charge in [-0.05, 0) is 30.3 Å². The van der Waals surface area contributed by atoms with Gasteiger partial charge in [0.1, 0.15) is 17.0 Å². The van der Waals surface area contributed by atoms with E-state index in [0.717, 1.165) is 11.3 Å². The maximum Gasteiger partial charge on any atom is 0.237 e. The van der Waals surface area contributed by atoms with Crippen molar-refractivity contribution in [3.8, 4) is 6.07 Å². The van der Waals surface area contributed by atoms with Crippen LogP contribution in [0, 0.1) is 11.3 Å². The first kappa shape index (κ1) is 13.2. The van der Waals surface area contributed by atoms with Crippen molar-refractivity contribution in [2.45, 2.75) is 5.92 Å². The molecule has 2 heterocycles. The molecule has 7 nitrogen and oxygen atoms in total. The van der Waals surface area contributed by atoms with Crippen LogP contribution in [0.3, 0.4) is 0 Å². The van der Waals surface area contributed by atoms with Gasteiger partial charge in [0.2, 0.25) is 5.91 Å². The van der Waals surface area contributed by atoms with E-state index < -0.39 is 5.92 Å². The van der Waals surface area contributed by atoms with Gasteiger partial charge < -0.3 is 5.32 Å². The van der Waals surface area contributed by atoms with Gasteiger partial charge in [0.25, 0.3) is 0 Å². The van der Waals surface area contributed by atoms with E-state index in [1.807, 2.05) is 6.07 Å². The molecule has 2 N–H and O–H groups in total. The smallest absolute Gasteiger partial charge is 0.237 e. The second kappa shape index (κ2) is 5.03. The number of hydrogen-bond acceptors (Lipinski definition) is 5. The van der Waals surface area contributed by atoms with Gasteiger partial charge >= 0.3 is 0 Å². The molecule has 0 radical (unpaired) electrons. The highest BCUT2D eigenvalue weighted by Crippen LogP contribution is 2.36. The number of fused-ring (bicyclic) bond motifs is 3. The third-order valence-electron chi connectivity index (χ3n) is 3.73. The maximum atomic E-state index is 12.2. The molecular formula is C16H10N6O. The van der Waals surface area contributed by atoms with E-state index in [-0.39, 0.29) is 5.91 Å². The largest absolute Gasteiger partial charge is 0.325 e. The van der Waals surface area contributed by atoms with Gasteiger partial charge in [0, 0.05) is 17.5 Å². The van der Waals surface area contributed by atoms with E-state index in [0.29, 0.717) is 22.3 Å². The van der Waals surface area contributed by atoms with Crippen LogP contribution in [0.5, 0.6) is 0 Å². The van der Waals surface area contributed by atoms with Crippen molar-refractivity contribution >= 4 is 34.5 Å². The summed E-state index contributed by atoms with van der Waals surface area (Å²) in [5.41, 5.74) is 3.99. The SMILES string of the molecule is N#Cc1cccc(N=CC2C(=O)Nc3ccc4n[nH]nc4c32)c1. The molecule has 0 saturated heterocycles. The van der Waals surface area contributed by atoms with E-state index in [4.69, 9.17) is 5.26 Å². The molecule has 1 unspecified atom stereocenters. The highest BCUT2D eigenvalue weighted by Gasteiger charge is 2.32. The second-order valence-corrected chi connectivity index (χ2v) is 5.13. The third-order valence-corrected chi connectivity index (χ3v) is 3.73. The lowest BCUT2D eigenvalue weighted by molar-refractivity contribution is -0.115. The number of nitriles is 1. The second-order valence-electron chi connectivity index (χ2n) is 5.13. The Balaban J connectivity index is 1.76. The van der Waals surface area contributed by atoms with Gasteiger partial charge in [-0.25, -0.2) is 0 Å². The van der Waals surface area contributed by atoms with E-state index in [2.05, 4.69) is 31.8 Å². The zero-order valence-electron chi connectivity index (χ0n) is 11.8. The molecule has 0 bridgehead atoms. The molecule has 1 aromatic heterocycles. The van der Waals surface area contributed by atoms with Gasteiger partial charge in [-0.1, -0.05) is 6.07 Å². The molecule has 0 saturated carbocycles. The average molecular weight is 302 g/mol. The number of rotatable bonds is 2. The fraction of sp³-hybridized carbons (Fsp3) is 0.0625. The minimum Gasteiger partial charge on any atom is -0.325 e. The molecule has 110 valence electrons. The minimum absolute atomic E-state index is 0.157. The summed E-state index contributed by atoms with van der Waals surface area (Å²) in [4.78, 5) is 16.6. The first-order chi connectivity index (χ1) is 11.3. The summed E-state index contributed by atoms with van der Waals surface area (Å²) in [6.07, 6.45) is 1.58. The van der Waals surface area contributed by atoms with Gasteiger partial charge in [0.15, 0.2) is 0 Å². The molecule has 3 aromatic rings. The minimum atomic E-state index is -0.537. The summed E-state index contributed by atoms with van der Waals surface area (Å²) in [6.45, 7) is 0. The van der Waals surface area contributed by atoms with Crippen LogP contribution in [0.15, 0.2) is 41.4 Å². The van der Waals surface area contributed by atoms with Crippen molar-refractivity contribution in [1.82, 2.24) is 15.4 Å². The molecule has 1 atom stereocenters. The molecule has 1 amide bonds. The molecular weight excluding hydrogens is 292 g/mol. The number of aromatic nitrogens is 3. The number of amides is 1. The predicted octanol–water partition coefficient (Wildman–Crippen LogP) is 2.27. The first-order valence-corrected chi connectivity index (χ1v) is 6.95. The number of hydrogen-bond donors (Lipinski definition) is 2. The Kier molecular flexibility index (Phi) is 2.88. The Morgan fingerprint density at radius 2 is 2.17 bits per heavy atom. The number of aliphatic imine (C=N–C) groups is 1. The molecule has 0 aliphatic carbocycles.